The Morgan fingerprint density at radius 1 is 1.26 bits per heavy atom. The quantitative estimate of drug-likeness (QED) is 0.688. The molecule has 0 saturated carbocycles. The van der Waals surface area contributed by atoms with Crippen molar-refractivity contribution >= 4 is 28.3 Å². The minimum absolute atomic E-state index is 0.0172. The van der Waals surface area contributed by atoms with Gasteiger partial charge in [-0.2, -0.15) is 23.1 Å². The number of aryl methyl sites for hydroxylation is 1. The molecule has 0 fully saturated rings. The first-order valence-electron chi connectivity index (χ1n) is 7.40. The van der Waals surface area contributed by atoms with Crippen molar-refractivity contribution in [2.24, 2.45) is 0 Å². The second-order valence-corrected chi connectivity index (χ2v) is 6.82. The van der Waals surface area contributed by atoms with Crippen LogP contribution in [0, 0.1) is 6.92 Å². The van der Waals surface area contributed by atoms with Gasteiger partial charge in [0.15, 0.2) is 0 Å². The van der Waals surface area contributed by atoms with Gasteiger partial charge in [-0.3, -0.25) is 4.21 Å². The van der Waals surface area contributed by atoms with Gasteiger partial charge in [0.1, 0.15) is 11.4 Å². The van der Waals surface area contributed by atoms with E-state index in [0.717, 1.165) is 5.56 Å². The zero-order valence-electron chi connectivity index (χ0n) is 14.0. The number of alkyl halides is 3. The van der Waals surface area contributed by atoms with Crippen LogP contribution in [0.2, 0.25) is 0 Å². The number of benzene rings is 1. The molecule has 2 aromatic heterocycles. The van der Waals surface area contributed by atoms with E-state index in [1.165, 1.54) is 6.20 Å². The number of nitrogens with two attached hydrogens (primary N) is 1. The largest absolute Gasteiger partial charge is 0.455 e. The van der Waals surface area contributed by atoms with Gasteiger partial charge in [0, 0.05) is 23.0 Å². The van der Waals surface area contributed by atoms with Gasteiger partial charge >= 0.3 is 6.18 Å². The third kappa shape index (κ3) is 4.05. The summed E-state index contributed by atoms with van der Waals surface area (Å²) in [5, 5.41) is 5.78. The van der Waals surface area contributed by atoms with E-state index in [1.807, 2.05) is 6.92 Å². The Morgan fingerprint density at radius 2 is 2.00 bits per heavy atom. The summed E-state index contributed by atoms with van der Waals surface area (Å²) in [6, 6.07) is 5.17. The Hall–Kier alpha value is -3.02. The third-order valence-corrected chi connectivity index (χ3v) is 4.55. The summed E-state index contributed by atoms with van der Waals surface area (Å²) >= 11 is 0. The molecule has 0 bridgehead atoms. The van der Waals surface area contributed by atoms with Gasteiger partial charge in [0.25, 0.3) is 11.7 Å². The number of nitrogens with zero attached hydrogens (tertiary/aromatic N) is 4. The Balaban J connectivity index is 1.84. The lowest BCUT2D eigenvalue weighted by Gasteiger charge is -2.09. The number of anilines is 3. The second-order valence-electron chi connectivity index (χ2n) is 5.47. The number of rotatable bonds is 4. The lowest BCUT2D eigenvalue weighted by atomic mass is 10.2. The lowest BCUT2D eigenvalue weighted by Crippen LogP contribution is -2.07. The van der Waals surface area contributed by atoms with E-state index in [-0.39, 0.29) is 17.3 Å². The van der Waals surface area contributed by atoms with Gasteiger partial charge < -0.3 is 15.6 Å². The fourth-order valence-electron chi connectivity index (χ4n) is 2.25. The van der Waals surface area contributed by atoms with E-state index < -0.39 is 28.7 Å². The molecule has 0 radical (unpaired) electrons. The van der Waals surface area contributed by atoms with Crippen molar-refractivity contribution in [1.29, 1.82) is 0 Å². The molecule has 142 valence electrons. The molecule has 8 nitrogen and oxygen atoms in total. The molecule has 0 amide bonds. The van der Waals surface area contributed by atoms with Crippen molar-refractivity contribution in [3.8, 4) is 11.5 Å². The van der Waals surface area contributed by atoms with E-state index in [2.05, 4.69) is 29.9 Å². The lowest BCUT2D eigenvalue weighted by molar-refractivity contribution is -0.146. The molecule has 0 aliphatic carbocycles. The molecule has 0 aliphatic heterocycles. The molecule has 0 spiro atoms. The molecular formula is C15H13F3N6O2S. The second kappa shape index (κ2) is 6.95. The molecule has 1 unspecified atom stereocenters. The topological polar surface area (TPSA) is 120 Å². The van der Waals surface area contributed by atoms with E-state index in [0.29, 0.717) is 10.6 Å². The van der Waals surface area contributed by atoms with Crippen LogP contribution in [-0.4, -0.2) is 30.6 Å². The Kier molecular flexibility index (Phi) is 4.83. The van der Waals surface area contributed by atoms with Crippen LogP contribution in [0.4, 0.5) is 30.6 Å². The van der Waals surface area contributed by atoms with Crippen LogP contribution in [-0.2, 0) is 17.0 Å². The van der Waals surface area contributed by atoms with Crippen LogP contribution in [0.3, 0.4) is 0 Å². The van der Waals surface area contributed by atoms with Gasteiger partial charge in [-0.25, -0.2) is 4.98 Å². The number of nitrogen functional groups attached to an aromatic ring is 1. The SMILES string of the molecule is Cc1cc(Nc2ncc(-c3nc(C(F)(F)F)no3)c(N)n2)ccc1S(C)=O. The number of nitrogens with one attached hydrogen (secondary N) is 1. The summed E-state index contributed by atoms with van der Waals surface area (Å²) in [6.07, 6.45) is -1.97. The highest BCUT2D eigenvalue weighted by atomic mass is 32.2. The van der Waals surface area contributed by atoms with Gasteiger partial charge in [0.05, 0.1) is 10.8 Å². The van der Waals surface area contributed by atoms with Gasteiger partial charge in [-0.15, -0.1) is 0 Å². The first-order valence-corrected chi connectivity index (χ1v) is 8.96. The molecule has 0 aliphatic rings. The first kappa shape index (κ1) is 18.8. The molecule has 27 heavy (non-hydrogen) atoms. The molecule has 2 heterocycles. The smallest absolute Gasteiger partial charge is 0.383 e. The number of aromatic nitrogens is 4. The number of hydrogen-bond acceptors (Lipinski definition) is 8. The van der Waals surface area contributed by atoms with Crippen LogP contribution in [0.1, 0.15) is 11.4 Å². The van der Waals surface area contributed by atoms with Crippen LogP contribution in [0.5, 0.6) is 0 Å². The highest BCUT2D eigenvalue weighted by Crippen LogP contribution is 2.30. The number of hydrogen-bond donors (Lipinski definition) is 2. The molecule has 12 heteroatoms. The molecule has 3 aromatic rings. The van der Waals surface area contributed by atoms with Crippen molar-refractivity contribution < 1.29 is 21.9 Å². The summed E-state index contributed by atoms with van der Waals surface area (Å²) in [6.45, 7) is 1.81. The monoisotopic (exact) mass is 398 g/mol. The Morgan fingerprint density at radius 3 is 2.56 bits per heavy atom. The van der Waals surface area contributed by atoms with Gasteiger partial charge in [-0.1, -0.05) is 5.16 Å². The molecule has 3 rings (SSSR count). The molecule has 1 atom stereocenters. The van der Waals surface area contributed by atoms with E-state index in [9.17, 15) is 17.4 Å². The highest BCUT2D eigenvalue weighted by molar-refractivity contribution is 7.84. The fourth-order valence-corrected chi connectivity index (χ4v) is 3.02. The van der Waals surface area contributed by atoms with Gasteiger partial charge in [0.2, 0.25) is 5.95 Å². The van der Waals surface area contributed by atoms with Crippen molar-refractivity contribution in [3.05, 3.63) is 35.8 Å². The van der Waals surface area contributed by atoms with E-state index in [4.69, 9.17) is 5.73 Å². The average molecular weight is 398 g/mol. The van der Waals surface area contributed by atoms with E-state index in [1.54, 1.807) is 24.5 Å². The number of halogens is 3. The van der Waals surface area contributed by atoms with Crippen LogP contribution in [0.25, 0.3) is 11.5 Å². The maximum absolute atomic E-state index is 12.6. The summed E-state index contributed by atoms with van der Waals surface area (Å²) in [4.78, 5) is 11.9. The van der Waals surface area contributed by atoms with Crippen LogP contribution < -0.4 is 11.1 Å². The first-order chi connectivity index (χ1) is 12.6. The van der Waals surface area contributed by atoms with Crippen molar-refractivity contribution in [3.63, 3.8) is 0 Å². The third-order valence-electron chi connectivity index (χ3n) is 3.47. The zero-order valence-corrected chi connectivity index (χ0v) is 14.9. The highest BCUT2D eigenvalue weighted by Gasteiger charge is 2.37. The minimum atomic E-state index is -4.73. The summed E-state index contributed by atoms with van der Waals surface area (Å²) in [5.74, 6) is -1.86. The average Bonchev–Trinajstić information content (AvgIpc) is 3.04. The zero-order chi connectivity index (χ0) is 19.8. The summed E-state index contributed by atoms with van der Waals surface area (Å²) in [7, 11) is -1.11. The van der Waals surface area contributed by atoms with E-state index >= 15 is 0 Å². The van der Waals surface area contributed by atoms with Crippen molar-refractivity contribution in [2.45, 2.75) is 18.0 Å². The summed E-state index contributed by atoms with van der Waals surface area (Å²) < 4.78 is 53.8. The predicted octanol–water partition coefficient (Wildman–Crippen LogP) is 2.92. The molecule has 3 N–H and O–H groups in total. The fraction of sp³-hybridized carbons (Fsp3) is 0.200. The minimum Gasteiger partial charge on any atom is -0.383 e. The normalized spacial score (nSPS) is 12.8. The molecule has 1 aromatic carbocycles. The van der Waals surface area contributed by atoms with Crippen LogP contribution >= 0.6 is 0 Å². The Labute approximate surface area is 153 Å². The maximum Gasteiger partial charge on any atom is 0.455 e. The molecule has 0 saturated heterocycles. The predicted molar refractivity (Wildman–Crippen MR) is 91.5 cm³/mol. The van der Waals surface area contributed by atoms with Crippen LogP contribution in [0.15, 0.2) is 33.8 Å². The maximum atomic E-state index is 12.6. The van der Waals surface area contributed by atoms with Crippen molar-refractivity contribution in [2.75, 3.05) is 17.3 Å². The Bertz CT molecular complexity index is 1020. The van der Waals surface area contributed by atoms with Gasteiger partial charge in [-0.05, 0) is 30.7 Å². The standard InChI is InChI=1S/C15H13F3N6O2S/c1-7-5-8(3-4-10(7)27(2)25)21-14-20-6-9(11(19)22-14)12-23-13(24-26-12)15(16,17)18/h3-6H,1-2H3,(H3,19,20,21,22). The molecular weight excluding hydrogens is 385 g/mol. The van der Waals surface area contributed by atoms with Crippen molar-refractivity contribution in [1.82, 2.24) is 20.1 Å². The summed E-state index contributed by atoms with van der Waals surface area (Å²) in [5.41, 5.74) is 7.21.